The number of nitrogens with one attached hydrogen (secondary N) is 3. The molecule has 0 radical (unpaired) electrons. The van der Waals surface area contributed by atoms with Crippen molar-refractivity contribution in [3.8, 4) is 0 Å². The fraction of sp³-hybridized carbons (Fsp3) is 0.778. The zero-order chi connectivity index (χ0) is 10.6. The molecule has 1 heterocycles. The Hall–Kier alpha value is -1.10. The van der Waals surface area contributed by atoms with E-state index in [2.05, 4.69) is 16.2 Å². The average molecular weight is 199 g/mol. The Bertz CT molecular complexity index is 222. The van der Waals surface area contributed by atoms with Gasteiger partial charge in [-0.1, -0.05) is 13.8 Å². The van der Waals surface area contributed by atoms with E-state index < -0.39 is 0 Å². The van der Waals surface area contributed by atoms with Crippen LogP contribution in [-0.2, 0) is 9.59 Å². The van der Waals surface area contributed by atoms with Gasteiger partial charge in [0.25, 0.3) is 5.91 Å². The van der Waals surface area contributed by atoms with Crippen LogP contribution in [0.5, 0.6) is 0 Å². The number of carbonyl (C=O) groups is 2. The number of hydrazine groups is 1. The first kappa shape index (κ1) is 11.0. The lowest BCUT2D eigenvalue weighted by Gasteiger charge is -2.12. The molecule has 0 aromatic carbocycles. The fourth-order valence-corrected chi connectivity index (χ4v) is 1.26. The summed E-state index contributed by atoms with van der Waals surface area (Å²) in [6.45, 7) is 4.42. The van der Waals surface area contributed by atoms with Crippen molar-refractivity contribution in [1.29, 1.82) is 0 Å². The minimum absolute atomic E-state index is 0.119. The molecule has 0 spiro atoms. The van der Waals surface area contributed by atoms with Gasteiger partial charge in [0.05, 0.1) is 6.04 Å². The SMILES string of the molecule is CC(C)C(=O)NNC(=O)[C@@H]1CCCN1. The maximum Gasteiger partial charge on any atom is 0.255 e. The van der Waals surface area contributed by atoms with E-state index in [1.54, 1.807) is 13.8 Å². The predicted octanol–water partition coefficient (Wildman–Crippen LogP) is -0.458. The van der Waals surface area contributed by atoms with E-state index in [4.69, 9.17) is 0 Å². The van der Waals surface area contributed by atoms with Gasteiger partial charge in [0.15, 0.2) is 0 Å². The van der Waals surface area contributed by atoms with Crippen LogP contribution < -0.4 is 16.2 Å². The zero-order valence-corrected chi connectivity index (χ0v) is 8.59. The van der Waals surface area contributed by atoms with Gasteiger partial charge in [0.2, 0.25) is 5.91 Å². The highest BCUT2D eigenvalue weighted by Crippen LogP contribution is 2.03. The minimum Gasteiger partial charge on any atom is -0.306 e. The van der Waals surface area contributed by atoms with E-state index in [0.29, 0.717) is 0 Å². The van der Waals surface area contributed by atoms with Crippen molar-refractivity contribution in [2.24, 2.45) is 5.92 Å². The molecule has 0 aromatic heterocycles. The van der Waals surface area contributed by atoms with Crippen molar-refractivity contribution in [3.05, 3.63) is 0 Å². The van der Waals surface area contributed by atoms with Crippen LogP contribution in [-0.4, -0.2) is 24.4 Å². The van der Waals surface area contributed by atoms with Crippen molar-refractivity contribution in [2.45, 2.75) is 32.7 Å². The molecule has 14 heavy (non-hydrogen) atoms. The molecule has 1 saturated heterocycles. The second-order valence-electron chi connectivity index (χ2n) is 3.78. The molecular weight excluding hydrogens is 182 g/mol. The third-order valence-electron chi connectivity index (χ3n) is 2.21. The van der Waals surface area contributed by atoms with Crippen LogP contribution >= 0.6 is 0 Å². The molecule has 0 bridgehead atoms. The maximum absolute atomic E-state index is 11.4. The molecule has 1 atom stereocenters. The van der Waals surface area contributed by atoms with Crippen molar-refractivity contribution >= 4 is 11.8 Å². The lowest BCUT2D eigenvalue weighted by Crippen LogP contribution is -2.50. The van der Waals surface area contributed by atoms with Gasteiger partial charge >= 0.3 is 0 Å². The van der Waals surface area contributed by atoms with Crippen LogP contribution in [0.1, 0.15) is 26.7 Å². The number of amides is 2. The molecule has 1 aliphatic heterocycles. The highest BCUT2D eigenvalue weighted by molar-refractivity contribution is 5.85. The molecular formula is C9H17N3O2. The first-order valence-electron chi connectivity index (χ1n) is 4.94. The molecule has 0 unspecified atom stereocenters. The van der Waals surface area contributed by atoms with Gasteiger partial charge in [0, 0.05) is 5.92 Å². The third-order valence-corrected chi connectivity index (χ3v) is 2.21. The second kappa shape index (κ2) is 4.95. The van der Waals surface area contributed by atoms with Gasteiger partial charge in [-0.2, -0.15) is 0 Å². The van der Waals surface area contributed by atoms with Crippen molar-refractivity contribution < 1.29 is 9.59 Å². The molecule has 1 aliphatic rings. The molecule has 3 N–H and O–H groups in total. The van der Waals surface area contributed by atoms with Gasteiger partial charge in [-0.3, -0.25) is 20.4 Å². The normalized spacial score (nSPS) is 20.9. The van der Waals surface area contributed by atoms with Gasteiger partial charge in [-0.25, -0.2) is 0 Å². The Kier molecular flexibility index (Phi) is 3.88. The fourth-order valence-electron chi connectivity index (χ4n) is 1.26. The highest BCUT2D eigenvalue weighted by atomic mass is 16.2. The maximum atomic E-state index is 11.4. The van der Waals surface area contributed by atoms with Crippen LogP contribution in [0.2, 0.25) is 0 Å². The molecule has 2 amide bonds. The van der Waals surface area contributed by atoms with Gasteiger partial charge in [0.1, 0.15) is 0 Å². The Morgan fingerprint density at radius 2 is 2.07 bits per heavy atom. The summed E-state index contributed by atoms with van der Waals surface area (Å²) in [5.74, 6) is -0.445. The van der Waals surface area contributed by atoms with E-state index in [-0.39, 0.29) is 23.8 Å². The monoisotopic (exact) mass is 199 g/mol. The Labute approximate surface area is 83.6 Å². The Morgan fingerprint density at radius 1 is 1.36 bits per heavy atom. The third kappa shape index (κ3) is 2.99. The van der Waals surface area contributed by atoms with Gasteiger partial charge in [-0.15, -0.1) is 0 Å². The van der Waals surface area contributed by atoms with Crippen LogP contribution in [0.15, 0.2) is 0 Å². The smallest absolute Gasteiger partial charge is 0.255 e. The number of carbonyl (C=O) groups excluding carboxylic acids is 2. The van der Waals surface area contributed by atoms with E-state index in [1.165, 1.54) is 0 Å². The molecule has 5 nitrogen and oxygen atoms in total. The summed E-state index contributed by atoms with van der Waals surface area (Å²) in [7, 11) is 0. The molecule has 1 rings (SSSR count). The zero-order valence-electron chi connectivity index (χ0n) is 8.59. The topological polar surface area (TPSA) is 70.2 Å². The highest BCUT2D eigenvalue weighted by Gasteiger charge is 2.22. The van der Waals surface area contributed by atoms with Gasteiger partial charge in [-0.05, 0) is 19.4 Å². The van der Waals surface area contributed by atoms with Crippen LogP contribution in [0, 0.1) is 5.92 Å². The molecule has 0 aliphatic carbocycles. The van der Waals surface area contributed by atoms with Crippen LogP contribution in [0.25, 0.3) is 0 Å². The lowest BCUT2D eigenvalue weighted by atomic mass is 10.2. The van der Waals surface area contributed by atoms with Crippen molar-refractivity contribution in [3.63, 3.8) is 0 Å². The summed E-state index contributed by atoms with van der Waals surface area (Å²) in [6.07, 6.45) is 1.85. The quantitative estimate of drug-likeness (QED) is 0.527. The second-order valence-corrected chi connectivity index (χ2v) is 3.78. The Balaban J connectivity index is 2.23. The summed E-state index contributed by atoms with van der Waals surface area (Å²) in [6, 6.07) is -0.150. The standard InChI is InChI=1S/C9H17N3O2/c1-6(2)8(13)11-12-9(14)7-4-3-5-10-7/h6-7,10H,3-5H2,1-2H3,(H,11,13)(H,12,14)/t7-/m0/s1. The summed E-state index contributed by atoms with van der Waals surface area (Å²) < 4.78 is 0. The van der Waals surface area contributed by atoms with Crippen LogP contribution in [0.4, 0.5) is 0 Å². The first-order valence-corrected chi connectivity index (χ1v) is 4.94. The number of rotatable bonds is 2. The predicted molar refractivity (Wildman–Crippen MR) is 52.1 cm³/mol. The lowest BCUT2D eigenvalue weighted by molar-refractivity contribution is -0.131. The largest absolute Gasteiger partial charge is 0.306 e. The molecule has 1 fully saturated rings. The Morgan fingerprint density at radius 3 is 2.57 bits per heavy atom. The summed E-state index contributed by atoms with van der Waals surface area (Å²) in [4.78, 5) is 22.5. The van der Waals surface area contributed by atoms with Crippen molar-refractivity contribution in [1.82, 2.24) is 16.2 Å². The van der Waals surface area contributed by atoms with Crippen LogP contribution in [0.3, 0.4) is 0 Å². The summed E-state index contributed by atoms with van der Waals surface area (Å²) in [5.41, 5.74) is 4.78. The molecule has 5 heteroatoms. The molecule has 0 saturated carbocycles. The van der Waals surface area contributed by atoms with Crippen molar-refractivity contribution in [2.75, 3.05) is 6.54 Å². The molecule has 0 aromatic rings. The summed E-state index contributed by atoms with van der Waals surface area (Å²) in [5, 5.41) is 3.05. The van der Waals surface area contributed by atoms with E-state index in [9.17, 15) is 9.59 Å². The number of hydrogen-bond donors (Lipinski definition) is 3. The first-order chi connectivity index (χ1) is 6.61. The van der Waals surface area contributed by atoms with E-state index >= 15 is 0 Å². The molecule has 80 valence electrons. The van der Waals surface area contributed by atoms with E-state index in [1.807, 2.05) is 0 Å². The average Bonchev–Trinajstić information content (AvgIpc) is 2.66. The summed E-state index contributed by atoms with van der Waals surface area (Å²) >= 11 is 0. The van der Waals surface area contributed by atoms with E-state index in [0.717, 1.165) is 19.4 Å². The minimum atomic E-state index is -0.170. The van der Waals surface area contributed by atoms with Gasteiger partial charge < -0.3 is 5.32 Å². The number of hydrogen-bond acceptors (Lipinski definition) is 3.